The van der Waals surface area contributed by atoms with Crippen molar-refractivity contribution >= 4 is 277 Å². The Balaban J connectivity index is -0.000000267. The van der Waals surface area contributed by atoms with Crippen LogP contribution in [0.5, 0.6) is 0 Å². The molecule has 0 saturated carbocycles. The molecule has 416 valence electrons. The molecule has 0 aromatic carbocycles. The Morgan fingerprint density at radius 1 is 0.329 bits per heavy atom. The van der Waals surface area contributed by atoms with Gasteiger partial charge in [0.1, 0.15) is 6.61 Å². The second-order valence-electron chi connectivity index (χ2n) is 14.0. The first-order valence-corrected chi connectivity index (χ1v) is 82.7. The van der Waals surface area contributed by atoms with Crippen molar-refractivity contribution in [2.75, 3.05) is 127 Å². The second kappa shape index (κ2) is 55.9. The molecule has 0 aliphatic heterocycles. The molecule has 34 heteroatoms. The SMILES string of the molecule is O=C(CS)OCCS.[CH3][Sn]([CH3])([Cl])[Cl].[CH3][Sn]([CH3])([S]CC(=O)OCCS)[S]CC(=O)OCCS.[CH3][Sn]([CH3])([S]CCOC(=O)CS)[S]CC(=O)OCCS.[CH3][Sn]([CH3])([S]CCOC(=O)CS)[S]CCOC(=O)CS. The van der Waals surface area contributed by atoms with E-state index >= 15 is 0 Å². The molecule has 0 bridgehead atoms. The number of halogens is 2. The monoisotopic (exact) mass is 1730 g/mol. The van der Waals surface area contributed by atoms with E-state index in [0.717, 1.165) is 17.3 Å². The zero-order chi connectivity index (χ0) is 55.1. The molecule has 0 amide bonds. The van der Waals surface area contributed by atoms with Crippen molar-refractivity contribution in [2.45, 2.75) is 39.5 Å². The molecule has 0 radical (unpaired) electrons. The molecule has 0 rings (SSSR count). The Bertz CT molecular complexity index is 1350. The van der Waals surface area contributed by atoms with Gasteiger partial charge in [0.05, 0.1) is 5.75 Å². The van der Waals surface area contributed by atoms with Crippen LogP contribution in [0.25, 0.3) is 0 Å². The molecule has 0 N–H and O–H groups in total. The van der Waals surface area contributed by atoms with Gasteiger partial charge in [-0.3, -0.25) is 4.79 Å². The second-order valence-corrected chi connectivity index (χ2v) is 128. The van der Waals surface area contributed by atoms with Crippen LogP contribution in [0.1, 0.15) is 0 Å². The first-order valence-electron chi connectivity index (χ1n) is 20.7. The summed E-state index contributed by atoms with van der Waals surface area (Å²) in [6.45, 7) is 2.74. The van der Waals surface area contributed by atoms with Gasteiger partial charge in [-0.15, -0.1) is 0 Å². The standard InChI is InChI=1S/7C4H8O2S2.8CH3.2ClH.4Sn/c7*5-4(3-8)6-1-2-7;;;;;;;;;;;;;;/h7*7-8H,1-3H2;8*1H3;2*1H;;;;/q;;;;;;;;;;;;;;;;;4*+2/p-8. The molecule has 0 spiro atoms. The van der Waals surface area contributed by atoms with Gasteiger partial charge in [0.2, 0.25) is 0 Å². The molecule has 0 aromatic heterocycles. The summed E-state index contributed by atoms with van der Waals surface area (Å²) in [5, 5.41) is 0. The molecule has 0 heterocycles. The Kier molecular flexibility index (Phi) is 66.9. The fourth-order valence-electron chi connectivity index (χ4n) is 3.10. The Morgan fingerprint density at radius 2 is 0.500 bits per heavy atom. The van der Waals surface area contributed by atoms with E-state index in [-0.39, 0.29) is 64.8 Å². The predicted octanol–water partition coefficient (Wildman–Crippen LogP) is 8.86. The third kappa shape index (κ3) is 75.0. The maximum absolute atomic E-state index is 11.4. The number of thiol groups is 8. The van der Waals surface area contributed by atoms with Crippen molar-refractivity contribution in [2.24, 2.45) is 0 Å². The molecule has 0 fully saturated rings. The summed E-state index contributed by atoms with van der Waals surface area (Å²) in [5.74, 6) is 4.54. The summed E-state index contributed by atoms with van der Waals surface area (Å²) in [6.07, 6.45) is 0. The molecular formula is C36H74Cl2O14S14Sn4. The molecule has 0 saturated heterocycles. The van der Waals surface area contributed by atoms with Gasteiger partial charge in [0, 0.05) is 5.75 Å². The minimum absolute atomic E-state index is 0.114. The average Bonchev–Trinajstić information content (AvgIpc) is 3.30. The number of ether oxygens (including phenoxy) is 7. The summed E-state index contributed by atoms with van der Waals surface area (Å²) in [6, 6.07) is 0. The number of esters is 7. The van der Waals surface area contributed by atoms with Crippen LogP contribution < -0.4 is 0 Å². The van der Waals surface area contributed by atoms with E-state index in [1.165, 1.54) is 0 Å². The van der Waals surface area contributed by atoms with Crippen LogP contribution in [-0.4, -0.2) is 232 Å². The van der Waals surface area contributed by atoms with E-state index in [9.17, 15) is 33.6 Å². The first kappa shape index (κ1) is 83.8. The zero-order valence-electron chi connectivity index (χ0n) is 40.8. The van der Waals surface area contributed by atoms with Crippen molar-refractivity contribution in [3.63, 3.8) is 0 Å². The molecule has 0 unspecified atom stereocenters. The van der Waals surface area contributed by atoms with E-state index < -0.39 is 63.0 Å². The molecule has 70 heavy (non-hydrogen) atoms. The van der Waals surface area contributed by atoms with Crippen molar-refractivity contribution in [1.29, 1.82) is 0 Å². The molecule has 0 atom stereocenters. The van der Waals surface area contributed by atoms with Crippen molar-refractivity contribution in [3.8, 4) is 0 Å². The van der Waals surface area contributed by atoms with E-state index in [4.69, 9.17) is 46.3 Å². The van der Waals surface area contributed by atoms with Gasteiger partial charge in [-0.2, -0.15) is 25.3 Å². The maximum atomic E-state index is 11.4. The van der Waals surface area contributed by atoms with Crippen LogP contribution in [0, 0.1) is 0 Å². The number of hydrogen-bond donors (Lipinski definition) is 8. The van der Waals surface area contributed by atoms with Gasteiger partial charge in [0.15, 0.2) is 0 Å². The van der Waals surface area contributed by atoms with Gasteiger partial charge in [-0.1, -0.05) is 0 Å². The van der Waals surface area contributed by atoms with E-state index in [1.54, 1.807) is 26.8 Å². The molecular weight excluding hydrogens is 1650 g/mol. The van der Waals surface area contributed by atoms with Crippen molar-refractivity contribution in [3.05, 3.63) is 0 Å². The predicted molar refractivity (Wildman–Crippen MR) is 344 cm³/mol. The van der Waals surface area contributed by atoms with E-state index in [2.05, 4.69) is 135 Å². The fraction of sp³-hybridized carbons (Fsp3) is 0.806. The Labute approximate surface area is 502 Å². The summed E-state index contributed by atoms with van der Waals surface area (Å²) in [7, 11) is 21.7. The Hall–Kier alpha value is 4.96. The van der Waals surface area contributed by atoms with Crippen LogP contribution in [0.3, 0.4) is 0 Å². The summed E-state index contributed by atoms with van der Waals surface area (Å²) >= 11 is 21.7. The summed E-state index contributed by atoms with van der Waals surface area (Å²) in [4.78, 5) is 94.3. The third-order valence-electron chi connectivity index (χ3n) is 5.93. The molecule has 0 aliphatic rings. The van der Waals surface area contributed by atoms with Gasteiger partial charge in [0.25, 0.3) is 0 Å². The molecule has 0 aromatic rings. The topological polar surface area (TPSA) is 184 Å². The normalized spacial score (nSPS) is 10.9. The van der Waals surface area contributed by atoms with Gasteiger partial charge < -0.3 is 4.74 Å². The van der Waals surface area contributed by atoms with Crippen LogP contribution in [-0.2, 0) is 66.7 Å². The fourth-order valence-corrected chi connectivity index (χ4v) is 50.2. The Morgan fingerprint density at radius 3 is 0.700 bits per heavy atom. The average molecular weight is 1730 g/mol. The quantitative estimate of drug-likeness (QED) is 0.0102. The number of carbonyl (C=O) groups excluding carboxylic acids is 7. The van der Waals surface area contributed by atoms with Crippen molar-refractivity contribution in [1.82, 2.24) is 0 Å². The van der Waals surface area contributed by atoms with Crippen LogP contribution in [0.2, 0.25) is 39.5 Å². The van der Waals surface area contributed by atoms with Gasteiger partial charge in [-0.05, 0) is 0 Å². The number of carbonyl (C=O) groups is 7. The van der Waals surface area contributed by atoms with Crippen molar-refractivity contribution < 1.29 is 66.7 Å². The molecule has 14 nitrogen and oxygen atoms in total. The third-order valence-corrected chi connectivity index (χ3v) is 73.0. The van der Waals surface area contributed by atoms with E-state index in [0.29, 0.717) is 86.5 Å². The number of hydrogen-bond acceptors (Lipinski definition) is 28. The van der Waals surface area contributed by atoms with Crippen LogP contribution in [0.4, 0.5) is 0 Å². The molecule has 0 aliphatic carbocycles. The van der Waals surface area contributed by atoms with Crippen LogP contribution in [0.15, 0.2) is 0 Å². The first-order chi connectivity index (χ1) is 32.5. The van der Waals surface area contributed by atoms with E-state index in [1.807, 2.05) is 36.7 Å². The van der Waals surface area contributed by atoms with Gasteiger partial charge in [-0.25, -0.2) is 0 Å². The van der Waals surface area contributed by atoms with Crippen LogP contribution >= 0.6 is 173 Å². The minimum atomic E-state index is -2.46. The number of rotatable bonds is 33. The summed E-state index contributed by atoms with van der Waals surface area (Å²) in [5.41, 5.74) is 0. The summed E-state index contributed by atoms with van der Waals surface area (Å²) < 4.78 is 34.3. The zero-order valence-corrected chi connectivity index (χ0v) is 65.8. The van der Waals surface area contributed by atoms with Gasteiger partial charge >= 0.3 is 457 Å².